The lowest BCUT2D eigenvalue weighted by Gasteiger charge is -2.47. The maximum atomic E-state index is 14.6. The van der Waals surface area contributed by atoms with E-state index >= 15 is 0 Å². The molecule has 2 amide bonds. The number of nitrogens with zero attached hydrogens (tertiary/aromatic N) is 3. The van der Waals surface area contributed by atoms with E-state index in [4.69, 9.17) is 4.52 Å². The van der Waals surface area contributed by atoms with Gasteiger partial charge in [0.25, 0.3) is 0 Å². The number of nitrogens with one attached hydrogen (secondary N) is 2. The summed E-state index contributed by atoms with van der Waals surface area (Å²) in [4.78, 5) is 36.1. The summed E-state index contributed by atoms with van der Waals surface area (Å²) in [6, 6.07) is 9.77. The van der Waals surface area contributed by atoms with E-state index < -0.39 is 23.0 Å². The first-order chi connectivity index (χ1) is 20.8. The van der Waals surface area contributed by atoms with Crippen LogP contribution in [0.2, 0.25) is 0 Å². The Bertz CT molecular complexity index is 1450. The SMILES string of the molecule is Cc1ncsc1-c1ccc([C@H](C)NC(=O)[C@@]2(C(C)(C)C)C[C@@H](O)CN2C(=O)[C@@H](c2cc(C3CCNCC3)no2)C(C)C)cc1. The molecule has 5 rings (SSSR count). The minimum Gasteiger partial charge on any atom is -0.391 e. The van der Waals surface area contributed by atoms with Gasteiger partial charge in [-0.2, -0.15) is 0 Å². The van der Waals surface area contributed by atoms with Gasteiger partial charge >= 0.3 is 0 Å². The average molecular weight is 622 g/mol. The number of benzene rings is 1. The normalized spacial score (nSPS) is 22.8. The molecule has 1 aromatic carbocycles. The van der Waals surface area contributed by atoms with Crippen LogP contribution in [0.3, 0.4) is 0 Å². The number of aryl methyl sites for hydroxylation is 1. The number of aliphatic hydroxyl groups excluding tert-OH is 1. The van der Waals surface area contributed by atoms with Crippen molar-refractivity contribution in [2.45, 2.75) is 97.2 Å². The van der Waals surface area contributed by atoms with Crippen LogP contribution >= 0.6 is 11.3 Å². The van der Waals surface area contributed by atoms with Gasteiger partial charge in [0, 0.05) is 24.9 Å². The van der Waals surface area contributed by atoms with Gasteiger partial charge in [-0.3, -0.25) is 9.59 Å². The summed E-state index contributed by atoms with van der Waals surface area (Å²) in [6.07, 6.45) is 1.29. The fourth-order valence-corrected chi connectivity index (χ4v) is 7.80. The van der Waals surface area contributed by atoms with Crippen molar-refractivity contribution in [3.63, 3.8) is 0 Å². The highest BCUT2D eigenvalue weighted by Gasteiger charge is 2.60. The second-order valence-electron chi connectivity index (χ2n) is 13.9. The molecule has 2 aromatic heterocycles. The summed E-state index contributed by atoms with van der Waals surface area (Å²) < 4.78 is 5.85. The zero-order valence-corrected chi connectivity index (χ0v) is 27.8. The van der Waals surface area contributed by atoms with Crippen molar-refractivity contribution in [1.29, 1.82) is 0 Å². The monoisotopic (exact) mass is 621 g/mol. The number of aliphatic hydroxyl groups is 1. The van der Waals surface area contributed by atoms with Crippen LogP contribution < -0.4 is 10.6 Å². The lowest BCUT2D eigenvalue weighted by molar-refractivity contribution is -0.154. The van der Waals surface area contributed by atoms with Crippen LogP contribution in [0.5, 0.6) is 0 Å². The van der Waals surface area contributed by atoms with Gasteiger partial charge in [-0.05, 0) is 62.2 Å². The maximum Gasteiger partial charge on any atom is 0.247 e. The van der Waals surface area contributed by atoms with Crippen LogP contribution in [0, 0.1) is 18.3 Å². The first-order valence-corrected chi connectivity index (χ1v) is 16.7. The third-order valence-corrected chi connectivity index (χ3v) is 10.6. The number of aromatic nitrogens is 2. The number of thiazole rings is 1. The molecule has 10 heteroatoms. The topological polar surface area (TPSA) is 121 Å². The average Bonchev–Trinajstić information content (AvgIpc) is 3.72. The highest BCUT2D eigenvalue weighted by atomic mass is 32.1. The lowest BCUT2D eigenvalue weighted by atomic mass is 9.70. The third-order valence-electron chi connectivity index (χ3n) is 9.58. The Kier molecular flexibility index (Phi) is 9.35. The summed E-state index contributed by atoms with van der Waals surface area (Å²) in [5, 5.41) is 22.0. The van der Waals surface area contributed by atoms with E-state index in [1.54, 1.807) is 16.2 Å². The molecule has 0 radical (unpaired) electrons. The van der Waals surface area contributed by atoms with Crippen molar-refractivity contribution in [2.75, 3.05) is 19.6 Å². The highest BCUT2D eigenvalue weighted by Crippen LogP contribution is 2.47. The van der Waals surface area contributed by atoms with E-state index in [0.29, 0.717) is 11.7 Å². The Morgan fingerprint density at radius 3 is 2.43 bits per heavy atom. The summed E-state index contributed by atoms with van der Waals surface area (Å²) in [5.74, 6) is -0.391. The molecule has 2 aliphatic heterocycles. The van der Waals surface area contributed by atoms with Crippen LogP contribution in [-0.2, 0) is 9.59 Å². The first kappa shape index (κ1) is 32.3. The van der Waals surface area contributed by atoms with Crippen LogP contribution in [0.25, 0.3) is 10.4 Å². The van der Waals surface area contributed by atoms with Gasteiger partial charge in [0.2, 0.25) is 11.8 Å². The number of carbonyl (C=O) groups excluding carboxylic acids is 2. The van der Waals surface area contributed by atoms with E-state index in [-0.39, 0.29) is 36.7 Å². The summed E-state index contributed by atoms with van der Waals surface area (Å²) in [7, 11) is 0. The number of carbonyl (C=O) groups is 2. The number of β-amino-alcohol motifs (C(OH)–C–C–N with tert-alkyl or cyclic N) is 1. The van der Waals surface area contributed by atoms with Crippen LogP contribution in [0.1, 0.15) is 101 Å². The smallest absolute Gasteiger partial charge is 0.247 e. The molecular formula is C34H47N5O4S. The van der Waals surface area contributed by atoms with Crippen LogP contribution in [0.4, 0.5) is 0 Å². The molecular weight excluding hydrogens is 574 g/mol. The van der Waals surface area contributed by atoms with E-state index in [9.17, 15) is 14.7 Å². The van der Waals surface area contributed by atoms with Gasteiger partial charge in [0.1, 0.15) is 17.2 Å². The molecule has 9 nitrogen and oxygen atoms in total. The third kappa shape index (κ3) is 6.08. The molecule has 3 aromatic rings. The molecule has 0 spiro atoms. The molecule has 2 fully saturated rings. The molecule has 238 valence electrons. The van der Waals surface area contributed by atoms with Crippen molar-refractivity contribution in [1.82, 2.24) is 25.7 Å². The summed E-state index contributed by atoms with van der Waals surface area (Å²) in [6.45, 7) is 15.8. The second kappa shape index (κ2) is 12.7. The fraction of sp³-hybridized carbons (Fsp3) is 0.588. The first-order valence-electron chi connectivity index (χ1n) is 15.8. The molecule has 3 N–H and O–H groups in total. The molecule has 0 aliphatic carbocycles. The highest BCUT2D eigenvalue weighted by molar-refractivity contribution is 7.13. The van der Waals surface area contributed by atoms with Crippen LogP contribution in [-0.4, -0.2) is 63.2 Å². The molecule has 0 bridgehead atoms. The number of likely N-dealkylation sites (tertiary alicyclic amines) is 1. The summed E-state index contributed by atoms with van der Waals surface area (Å²) in [5.41, 5.74) is 3.83. The Labute approximate surface area is 264 Å². The minimum absolute atomic E-state index is 0.0826. The Hall–Kier alpha value is -3.08. The van der Waals surface area contributed by atoms with Crippen molar-refractivity contribution in [3.05, 3.63) is 58.6 Å². The number of piperidine rings is 1. The maximum absolute atomic E-state index is 14.6. The number of hydrogen-bond donors (Lipinski definition) is 3. The van der Waals surface area contributed by atoms with Gasteiger partial charge in [-0.15, -0.1) is 11.3 Å². The number of amides is 2. The van der Waals surface area contributed by atoms with Gasteiger partial charge < -0.3 is 25.2 Å². The van der Waals surface area contributed by atoms with E-state index in [1.807, 2.05) is 72.2 Å². The molecule has 0 unspecified atom stereocenters. The predicted molar refractivity (Wildman–Crippen MR) is 172 cm³/mol. The molecule has 44 heavy (non-hydrogen) atoms. The van der Waals surface area contributed by atoms with Crippen molar-refractivity contribution >= 4 is 23.2 Å². The van der Waals surface area contributed by atoms with Gasteiger partial charge in [-0.25, -0.2) is 4.98 Å². The zero-order chi connectivity index (χ0) is 31.8. The van der Waals surface area contributed by atoms with Crippen LogP contribution in [0.15, 0.2) is 40.4 Å². The van der Waals surface area contributed by atoms with E-state index in [1.165, 1.54) is 0 Å². The molecule has 2 aliphatic rings. The van der Waals surface area contributed by atoms with Gasteiger partial charge in [0.15, 0.2) is 0 Å². The fourth-order valence-electron chi connectivity index (χ4n) is 6.99. The van der Waals surface area contributed by atoms with Gasteiger partial charge in [0.05, 0.1) is 33.9 Å². The quantitative estimate of drug-likeness (QED) is 0.301. The zero-order valence-electron chi connectivity index (χ0n) is 27.0. The molecule has 4 heterocycles. The Balaban J connectivity index is 1.41. The Morgan fingerprint density at radius 1 is 1.16 bits per heavy atom. The number of hydrogen-bond acceptors (Lipinski definition) is 8. The predicted octanol–water partition coefficient (Wildman–Crippen LogP) is 5.57. The van der Waals surface area contributed by atoms with Gasteiger partial charge in [-0.1, -0.05) is 64.0 Å². The standard InChI is InChI=1S/C34H47N5O4S/c1-20(2)29(28-16-27(38-43-28)24-12-14-35-15-13-24)31(41)39-18-26(40)17-34(39,33(5,6)7)32(42)37-21(3)23-8-10-25(11-9-23)30-22(4)36-19-44-30/h8-11,16,19-21,24,26,29,35,40H,12-15,17-18H2,1-7H3,(H,37,42)/t21-,26+,29+,34+/m0/s1. The molecule has 4 atom stereocenters. The Morgan fingerprint density at radius 2 is 1.84 bits per heavy atom. The number of rotatable bonds is 8. The van der Waals surface area contributed by atoms with Crippen molar-refractivity contribution in [2.24, 2.45) is 11.3 Å². The molecule has 0 saturated carbocycles. The van der Waals surface area contributed by atoms with E-state index in [2.05, 4.69) is 32.9 Å². The largest absolute Gasteiger partial charge is 0.391 e. The lowest BCUT2D eigenvalue weighted by Crippen LogP contribution is -2.65. The minimum atomic E-state index is -1.26. The second-order valence-corrected chi connectivity index (χ2v) is 14.8. The molecule has 2 saturated heterocycles. The van der Waals surface area contributed by atoms with E-state index in [0.717, 1.165) is 53.3 Å². The summed E-state index contributed by atoms with van der Waals surface area (Å²) >= 11 is 1.61. The van der Waals surface area contributed by atoms with Crippen molar-refractivity contribution < 1.29 is 19.2 Å². The van der Waals surface area contributed by atoms with Crippen molar-refractivity contribution in [3.8, 4) is 10.4 Å².